The molecule has 1 fully saturated rings. The zero-order valence-electron chi connectivity index (χ0n) is 9.66. The van der Waals surface area contributed by atoms with Crippen molar-refractivity contribution in [1.82, 2.24) is 10.1 Å². The first-order chi connectivity index (χ1) is 7.07. The van der Waals surface area contributed by atoms with Crippen LogP contribution in [0.1, 0.15) is 57.7 Å². The maximum atomic E-state index is 5.95. The van der Waals surface area contributed by atoms with Gasteiger partial charge < -0.3 is 10.3 Å². The molecule has 0 aromatic carbocycles. The van der Waals surface area contributed by atoms with E-state index in [0.29, 0.717) is 5.89 Å². The second kappa shape index (κ2) is 3.59. The summed E-state index contributed by atoms with van der Waals surface area (Å²) in [6, 6.07) is 0.102. The van der Waals surface area contributed by atoms with Crippen LogP contribution in [0.3, 0.4) is 0 Å². The molecule has 1 aliphatic rings. The van der Waals surface area contributed by atoms with E-state index in [1.807, 2.05) is 6.92 Å². The van der Waals surface area contributed by atoms with Crippen molar-refractivity contribution in [2.75, 3.05) is 0 Å². The Labute approximate surface area is 90.2 Å². The molecule has 1 heterocycles. The molecule has 0 amide bonds. The molecule has 1 aromatic heterocycles. The van der Waals surface area contributed by atoms with Crippen LogP contribution in [0.25, 0.3) is 0 Å². The van der Waals surface area contributed by atoms with E-state index in [1.165, 1.54) is 12.8 Å². The van der Waals surface area contributed by atoms with Gasteiger partial charge in [-0.05, 0) is 19.3 Å². The first-order valence-corrected chi connectivity index (χ1v) is 5.66. The lowest BCUT2D eigenvalue weighted by atomic mass is 10.0. The number of rotatable bonds is 4. The highest BCUT2D eigenvalue weighted by molar-refractivity contribution is 5.15. The molecule has 2 N–H and O–H groups in total. The third kappa shape index (κ3) is 1.91. The molecule has 1 saturated carbocycles. The summed E-state index contributed by atoms with van der Waals surface area (Å²) in [5, 5.41) is 4.05. The average Bonchev–Trinajstić information content (AvgIpc) is 2.83. The van der Waals surface area contributed by atoms with Gasteiger partial charge >= 0.3 is 0 Å². The van der Waals surface area contributed by atoms with Gasteiger partial charge in [-0.15, -0.1) is 0 Å². The molecule has 4 nitrogen and oxygen atoms in total. The van der Waals surface area contributed by atoms with Crippen LogP contribution >= 0.6 is 0 Å². The lowest BCUT2D eigenvalue weighted by Gasteiger charge is -2.13. The second-order valence-corrected chi connectivity index (χ2v) is 4.88. The minimum Gasteiger partial charge on any atom is -0.339 e. The van der Waals surface area contributed by atoms with E-state index in [4.69, 9.17) is 10.3 Å². The van der Waals surface area contributed by atoms with Crippen molar-refractivity contribution >= 4 is 0 Å². The van der Waals surface area contributed by atoms with Crippen LogP contribution < -0.4 is 5.73 Å². The molecule has 2 atom stereocenters. The molecule has 2 unspecified atom stereocenters. The molecule has 4 heteroatoms. The van der Waals surface area contributed by atoms with Crippen molar-refractivity contribution in [1.29, 1.82) is 0 Å². The fourth-order valence-corrected chi connectivity index (χ4v) is 1.61. The number of nitrogens with two attached hydrogens (primary N) is 1. The van der Waals surface area contributed by atoms with Crippen molar-refractivity contribution in [2.45, 2.75) is 57.4 Å². The smallest absolute Gasteiger partial charge is 0.231 e. The largest absolute Gasteiger partial charge is 0.339 e. The SMILES string of the molecule is CCC(N)C(C)c1nc(C2(C)CC2)no1. The molecule has 0 radical (unpaired) electrons. The number of aromatic nitrogens is 2. The molecule has 15 heavy (non-hydrogen) atoms. The normalized spacial score (nSPS) is 22.4. The van der Waals surface area contributed by atoms with E-state index in [2.05, 4.69) is 24.0 Å². The van der Waals surface area contributed by atoms with E-state index in [0.717, 1.165) is 12.2 Å². The van der Waals surface area contributed by atoms with Gasteiger partial charge in [0.15, 0.2) is 5.82 Å². The Balaban J connectivity index is 2.13. The first-order valence-electron chi connectivity index (χ1n) is 5.66. The van der Waals surface area contributed by atoms with Gasteiger partial charge in [-0.1, -0.05) is 25.9 Å². The summed E-state index contributed by atoms with van der Waals surface area (Å²) < 4.78 is 5.27. The monoisotopic (exact) mass is 209 g/mol. The van der Waals surface area contributed by atoms with Crippen LogP contribution in [0.5, 0.6) is 0 Å². The topological polar surface area (TPSA) is 64.9 Å². The fraction of sp³-hybridized carbons (Fsp3) is 0.818. The molecule has 0 bridgehead atoms. The minimum absolute atomic E-state index is 0.102. The van der Waals surface area contributed by atoms with Crippen molar-refractivity contribution in [3.05, 3.63) is 11.7 Å². The molecule has 0 aliphatic heterocycles. The van der Waals surface area contributed by atoms with Gasteiger partial charge in [0.25, 0.3) is 0 Å². The number of hydrogen-bond acceptors (Lipinski definition) is 4. The molecule has 84 valence electrons. The second-order valence-electron chi connectivity index (χ2n) is 4.88. The Morgan fingerprint density at radius 3 is 2.73 bits per heavy atom. The van der Waals surface area contributed by atoms with Crippen molar-refractivity contribution in [2.24, 2.45) is 5.73 Å². The van der Waals surface area contributed by atoms with Gasteiger partial charge in [-0.2, -0.15) is 4.98 Å². The van der Waals surface area contributed by atoms with Crippen LogP contribution in [0, 0.1) is 0 Å². The maximum Gasteiger partial charge on any atom is 0.231 e. The summed E-state index contributed by atoms with van der Waals surface area (Å²) in [5.41, 5.74) is 6.13. The summed E-state index contributed by atoms with van der Waals surface area (Å²) >= 11 is 0. The maximum absolute atomic E-state index is 5.95. The summed E-state index contributed by atoms with van der Waals surface area (Å²) in [4.78, 5) is 4.46. The van der Waals surface area contributed by atoms with Crippen LogP contribution in [-0.2, 0) is 5.41 Å². The lowest BCUT2D eigenvalue weighted by Crippen LogP contribution is -2.25. The minimum atomic E-state index is 0.102. The predicted molar refractivity (Wildman–Crippen MR) is 57.6 cm³/mol. The van der Waals surface area contributed by atoms with Crippen molar-refractivity contribution in [3.63, 3.8) is 0 Å². The predicted octanol–water partition coefficient (Wildman–Crippen LogP) is 1.96. The highest BCUT2D eigenvalue weighted by atomic mass is 16.5. The fourth-order valence-electron chi connectivity index (χ4n) is 1.61. The molecule has 1 aromatic rings. The quantitative estimate of drug-likeness (QED) is 0.823. The standard InChI is InChI=1S/C11H19N3O/c1-4-8(12)7(2)9-13-10(14-15-9)11(3)5-6-11/h7-8H,4-6,12H2,1-3H3. The van der Waals surface area contributed by atoms with E-state index in [-0.39, 0.29) is 17.4 Å². The van der Waals surface area contributed by atoms with Crippen LogP contribution in [0.4, 0.5) is 0 Å². The zero-order chi connectivity index (χ0) is 11.1. The van der Waals surface area contributed by atoms with Gasteiger partial charge in [-0.3, -0.25) is 0 Å². The Bertz CT molecular complexity index is 343. The van der Waals surface area contributed by atoms with Gasteiger partial charge in [0.2, 0.25) is 5.89 Å². The molecule has 2 rings (SSSR count). The molecular formula is C11H19N3O. The molecule has 1 aliphatic carbocycles. The number of nitrogens with zero attached hydrogens (tertiary/aromatic N) is 2. The summed E-state index contributed by atoms with van der Waals surface area (Å²) in [6.07, 6.45) is 3.26. The lowest BCUT2D eigenvalue weighted by molar-refractivity contribution is 0.335. The first kappa shape index (κ1) is 10.6. The van der Waals surface area contributed by atoms with E-state index < -0.39 is 0 Å². The van der Waals surface area contributed by atoms with Crippen LogP contribution in [0.2, 0.25) is 0 Å². The number of hydrogen-bond donors (Lipinski definition) is 1. The van der Waals surface area contributed by atoms with Gasteiger partial charge in [0, 0.05) is 11.5 Å². The third-order valence-corrected chi connectivity index (χ3v) is 3.48. The summed E-state index contributed by atoms with van der Waals surface area (Å²) in [5.74, 6) is 1.69. The zero-order valence-corrected chi connectivity index (χ0v) is 9.66. The Hall–Kier alpha value is -0.900. The van der Waals surface area contributed by atoms with E-state index in [9.17, 15) is 0 Å². The average molecular weight is 209 g/mol. The summed E-state index contributed by atoms with van der Waals surface area (Å²) in [6.45, 7) is 6.29. The van der Waals surface area contributed by atoms with Gasteiger partial charge in [0.1, 0.15) is 0 Å². The Morgan fingerprint density at radius 2 is 2.20 bits per heavy atom. The van der Waals surface area contributed by atoms with Gasteiger partial charge in [-0.25, -0.2) is 0 Å². The molecule has 0 spiro atoms. The van der Waals surface area contributed by atoms with Crippen LogP contribution in [-0.4, -0.2) is 16.2 Å². The highest BCUT2D eigenvalue weighted by Gasteiger charge is 2.43. The Morgan fingerprint density at radius 1 is 1.53 bits per heavy atom. The van der Waals surface area contributed by atoms with E-state index in [1.54, 1.807) is 0 Å². The van der Waals surface area contributed by atoms with Crippen molar-refractivity contribution < 1.29 is 4.52 Å². The van der Waals surface area contributed by atoms with Crippen molar-refractivity contribution in [3.8, 4) is 0 Å². The Kier molecular flexibility index (Phi) is 2.54. The highest BCUT2D eigenvalue weighted by Crippen LogP contribution is 2.46. The summed E-state index contributed by atoms with van der Waals surface area (Å²) in [7, 11) is 0. The van der Waals surface area contributed by atoms with E-state index >= 15 is 0 Å². The molecule has 0 saturated heterocycles. The van der Waals surface area contributed by atoms with Crippen LogP contribution in [0.15, 0.2) is 4.52 Å². The molecular weight excluding hydrogens is 190 g/mol. The van der Waals surface area contributed by atoms with Gasteiger partial charge in [0.05, 0.1) is 5.92 Å². The third-order valence-electron chi connectivity index (χ3n) is 3.48.